The maximum Gasteiger partial charge on any atom is 0.138 e. The summed E-state index contributed by atoms with van der Waals surface area (Å²) in [7, 11) is 0. The monoisotopic (exact) mass is 329 g/mol. The van der Waals surface area contributed by atoms with Crippen molar-refractivity contribution < 1.29 is 14.0 Å². The molecule has 2 aliphatic rings. The topological polar surface area (TPSA) is 60.6 Å². The summed E-state index contributed by atoms with van der Waals surface area (Å²) in [5.41, 5.74) is 3.27. The van der Waals surface area contributed by atoms with Crippen molar-refractivity contribution in [3.63, 3.8) is 0 Å². The van der Waals surface area contributed by atoms with Crippen LogP contribution in [0.15, 0.2) is 29.0 Å². The molecule has 6 heteroatoms. The first kappa shape index (κ1) is 15.7. The highest BCUT2D eigenvalue weighted by atomic mass is 16.5. The summed E-state index contributed by atoms with van der Waals surface area (Å²) in [4.78, 5) is 6.60. The van der Waals surface area contributed by atoms with Gasteiger partial charge in [0.15, 0.2) is 0 Å². The fourth-order valence-corrected chi connectivity index (χ4v) is 3.77. The Balaban J connectivity index is 1.44. The lowest BCUT2D eigenvalue weighted by Crippen LogP contribution is -2.32. The molecule has 0 spiro atoms. The summed E-state index contributed by atoms with van der Waals surface area (Å²) >= 11 is 0. The molecule has 0 radical (unpaired) electrons. The van der Waals surface area contributed by atoms with Gasteiger partial charge in [-0.2, -0.15) is 0 Å². The van der Waals surface area contributed by atoms with E-state index in [0.29, 0.717) is 18.6 Å². The molecule has 4 heterocycles. The number of fused-ring (bicyclic) bond motifs is 1. The van der Waals surface area contributed by atoms with Crippen LogP contribution in [0.1, 0.15) is 22.6 Å². The van der Waals surface area contributed by atoms with Crippen LogP contribution in [0.2, 0.25) is 0 Å². The zero-order valence-electron chi connectivity index (χ0n) is 14.1. The molecule has 2 aliphatic heterocycles. The Hall–Kier alpha value is -1.76. The molecule has 0 aliphatic carbocycles. The van der Waals surface area contributed by atoms with Crippen LogP contribution in [-0.4, -0.2) is 46.9 Å². The lowest BCUT2D eigenvalue weighted by atomic mass is 10.0. The van der Waals surface area contributed by atoms with Crippen LogP contribution < -0.4 is 0 Å². The van der Waals surface area contributed by atoms with Crippen LogP contribution in [0.3, 0.4) is 0 Å². The molecule has 0 unspecified atom stereocenters. The molecule has 2 aromatic heterocycles. The second-order valence-electron chi connectivity index (χ2n) is 6.71. The third kappa shape index (κ3) is 2.97. The van der Waals surface area contributed by atoms with Crippen LogP contribution >= 0.6 is 0 Å². The van der Waals surface area contributed by atoms with E-state index in [4.69, 9.17) is 14.0 Å². The Morgan fingerprint density at radius 2 is 2.25 bits per heavy atom. The van der Waals surface area contributed by atoms with Crippen LogP contribution in [-0.2, 0) is 22.6 Å². The molecule has 2 fully saturated rings. The molecule has 2 saturated heterocycles. The van der Waals surface area contributed by atoms with Gasteiger partial charge in [-0.15, -0.1) is 0 Å². The number of nitrogens with zero attached hydrogens (tertiary/aromatic N) is 3. The van der Waals surface area contributed by atoms with E-state index < -0.39 is 0 Å². The van der Waals surface area contributed by atoms with E-state index in [9.17, 15) is 0 Å². The predicted molar refractivity (Wildman–Crippen MR) is 87.3 cm³/mol. The molecule has 0 aromatic carbocycles. The van der Waals surface area contributed by atoms with Gasteiger partial charge in [-0.05, 0) is 25.5 Å². The van der Waals surface area contributed by atoms with Gasteiger partial charge in [-0.3, -0.25) is 9.88 Å². The predicted octanol–water partition coefficient (Wildman–Crippen LogP) is 2.10. The van der Waals surface area contributed by atoms with Crippen molar-refractivity contribution in [2.45, 2.75) is 39.1 Å². The Kier molecular flexibility index (Phi) is 4.35. The van der Waals surface area contributed by atoms with Gasteiger partial charge in [-0.25, -0.2) is 0 Å². The van der Waals surface area contributed by atoms with Crippen LogP contribution in [0.5, 0.6) is 0 Å². The summed E-state index contributed by atoms with van der Waals surface area (Å²) in [6.45, 7) is 7.90. The number of aryl methyl sites for hydroxylation is 2. The van der Waals surface area contributed by atoms with Crippen molar-refractivity contribution in [1.82, 2.24) is 15.0 Å². The second-order valence-corrected chi connectivity index (χ2v) is 6.71. The van der Waals surface area contributed by atoms with Crippen molar-refractivity contribution in [1.29, 1.82) is 0 Å². The van der Waals surface area contributed by atoms with Gasteiger partial charge in [0.05, 0.1) is 31.6 Å². The standard InChI is InChI=1S/C18H23N3O3/c1-12-15(13(2)24-20-12)7-21-8-18(16-10-22-11-17(16)21)23-9-14-4-3-5-19-6-14/h3-6,16-18H,7-11H2,1-2H3/t16-,17+,18-/m1/s1. The lowest BCUT2D eigenvalue weighted by molar-refractivity contribution is 0.00866. The van der Waals surface area contributed by atoms with Crippen molar-refractivity contribution in [3.05, 3.63) is 47.1 Å². The van der Waals surface area contributed by atoms with Crippen molar-refractivity contribution >= 4 is 0 Å². The van der Waals surface area contributed by atoms with Crippen molar-refractivity contribution in [2.24, 2.45) is 5.92 Å². The van der Waals surface area contributed by atoms with E-state index in [0.717, 1.165) is 43.3 Å². The van der Waals surface area contributed by atoms with Gasteiger partial charge in [0, 0.05) is 43.0 Å². The number of ether oxygens (including phenoxy) is 2. The summed E-state index contributed by atoms with van der Waals surface area (Å²) < 4.78 is 17.2. The molecule has 0 N–H and O–H groups in total. The Bertz CT molecular complexity index is 669. The molecular formula is C18H23N3O3. The molecule has 4 rings (SSSR count). The molecule has 24 heavy (non-hydrogen) atoms. The van der Waals surface area contributed by atoms with Gasteiger partial charge in [0.2, 0.25) is 0 Å². The van der Waals surface area contributed by atoms with E-state index in [1.165, 1.54) is 5.56 Å². The number of rotatable bonds is 5. The molecule has 6 nitrogen and oxygen atoms in total. The minimum absolute atomic E-state index is 0.193. The SMILES string of the molecule is Cc1noc(C)c1CN1C[C@@H](OCc2cccnc2)[C@@H]2COC[C@@H]21. The molecule has 3 atom stereocenters. The van der Waals surface area contributed by atoms with Crippen LogP contribution in [0, 0.1) is 19.8 Å². The summed E-state index contributed by atoms with van der Waals surface area (Å²) in [5.74, 6) is 1.34. The minimum atomic E-state index is 0.193. The summed E-state index contributed by atoms with van der Waals surface area (Å²) in [6, 6.07) is 4.41. The Morgan fingerprint density at radius 3 is 3.00 bits per heavy atom. The Morgan fingerprint density at radius 1 is 1.33 bits per heavy atom. The molecule has 2 aromatic rings. The zero-order chi connectivity index (χ0) is 16.5. The second kappa shape index (κ2) is 6.63. The molecule has 128 valence electrons. The maximum absolute atomic E-state index is 6.21. The molecule has 0 saturated carbocycles. The number of likely N-dealkylation sites (tertiary alicyclic amines) is 1. The largest absolute Gasteiger partial charge is 0.379 e. The summed E-state index contributed by atoms with van der Waals surface area (Å²) in [5, 5.41) is 4.07. The van der Waals surface area contributed by atoms with E-state index in [2.05, 4.69) is 15.0 Å². The highest BCUT2D eigenvalue weighted by molar-refractivity contribution is 5.21. The van der Waals surface area contributed by atoms with E-state index in [1.807, 2.05) is 32.2 Å². The first-order valence-corrected chi connectivity index (χ1v) is 8.46. The molecular weight excluding hydrogens is 306 g/mol. The highest BCUT2D eigenvalue weighted by Crippen LogP contribution is 2.34. The van der Waals surface area contributed by atoms with E-state index in [1.54, 1.807) is 6.20 Å². The number of aromatic nitrogens is 2. The van der Waals surface area contributed by atoms with Gasteiger partial charge < -0.3 is 14.0 Å². The smallest absolute Gasteiger partial charge is 0.138 e. The fourth-order valence-electron chi connectivity index (χ4n) is 3.77. The van der Waals surface area contributed by atoms with Crippen LogP contribution in [0.25, 0.3) is 0 Å². The first-order chi connectivity index (χ1) is 11.7. The Labute approximate surface area is 141 Å². The normalized spacial score (nSPS) is 26.8. The third-order valence-corrected chi connectivity index (χ3v) is 5.18. The van der Waals surface area contributed by atoms with E-state index in [-0.39, 0.29) is 6.10 Å². The van der Waals surface area contributed by atoms with Crippen LogP contribution in [0.4, 0.5) is 0 Å². The maximum atomic E-state index is 6.21. The summed E-state index contributed by atoms with van der Waals surface area (Å²) in [6.07, 6.45) is 3.84. The van der Waals surface area contributed by atoms with E-state index >= 15 is 0 Å². The number of hydrogen-bond acceptors (Lipinski definition) is 6. The third-order valence-electron chi connectivity index (χ3n) is 5.18. The minimum Gasteiger partial charge on any atom is -0.379 e. The zero-order valence-corrected chi connectivity index (χ0v) is 14.1. The van der Waals surface area contributed by atoms with Crippen molar-refractivity contribution in [3.8, 4) is 0 Å². The van der Waals surface area contributed by atoms with Gasteiger partial charge in [0.25, 0.3) is 0 Å². The highest BCUT2D eigenvalue weighted by Gasteiger charge is 2.46. The fraction of sp³-hybridized carbons (Fsp3) is 0.556. The average molecular weight is 329 g/mol. The quantitative estimate of drug-likeness (QED) is 0.837. The number of hydrogen-bond donors (Lipinski definition) is 0. The van der Waals surface area contributed by atoms with Gasteiger partial charge in [0.1, 0.15) is 5.76 Å². The first-order valence-electron chi connectivity index (χ1n) is 8.46. The average Bonchev–Trinajstić information content (AvgIpc) is 3.27. The molecule has 0 amide bonds. The van der Waals surface area contributed by atoms with Gasteiger partial charge >= 0.3 is 0 Å². The van der Waals surface area contributed by atoms with Gasteiger partial charge in [-0.1, -0.05) is 11.2 Å². The molecule has 0 bridgehead atoms. The van der Waals surface area contributed by atoms with Crippen molar-refractivity contribution in [2.75, 3.05) is 19.8 Å². The number of pyridine rings is 1. The lowest BCUT2D eigenvalue weighted by Gasteiger charge is -2.21.